The fraction of sp³-hybridized carbons (Fsp3) is 0.615. The second kappa shape index (κ2) is 5.97. The molecule has 6 heteroatoms. The van der Waals surface area contributed by atoms with Gasteiger partial charge in [-0.15, -0.1) is 0 Å². The summed E-state index contributed by atoms with van der Waals surface area (Å²) in [4.78, 5) is 23.8. The summed E-state index contributed by atoms with van der Waals surface area (Å²) in [7, 11) is 0. The van der Waals surface area contributed by atoms with Crippen molar-refractivity contribution < 1.29 is 14.7 Å². The predicted molar refractivity (Wildman–Crippen MR) is 68.6 cm³/mol. The lowest BCUT2D eigenvalue weighted by molar-refractivity contribution is -0.117. The lowest BCUT2D eigenvalue weighted by Crippen LogP contribution is -2.41. The normalized spacial score (nSPS) is 16.1. The van der Waals surface area contributed by atoms with Gasteiger partial charge in [0.05, 0.1) is 11.8 Å². The van der Waals surface area contributed by atoms with Crippen molar-refractivity contribution in [3.63, 3.8) is 0 Å². The van der Waals surface area contributed by atoms with Gasteiger partial charge in [0.25, 0.3) is 11.7 Å². The topological polar surface area (TPSA) is 84.2 Å². The number of carbonyl (C=O) groups is 2. The van der Waals surface area contributed by atoms with Crippen LogP contribution in [0.1, 0.15) is 36.5 Å². The lowest BCUT2D eigenvalue weighted by atomic mass is 10.1. The van der Waals surface area contributed by atoms with Crippen molar-refractivity contribution >= 4 is 11.7 Å². The number of aryl methyl sites for hydroxylation is 1. The molecule has 0 saturated heterocycles. The van der Waals surface area contributed by atoms with Crippen LogP contribution >= 0.6 is 0 Å². The number of ketones is 1. The maximum absolute atomic E-state index is 11.9. The Kier molecular flexibility index (Phi) is 4.31. The fourth-order valence-corrected chi connectivity index (χ4v) is 2.08. The van der Waals surface area contributed by atoms with Gasteiger partial charge in [-0.3, -0.25) is 14.3 Å². The van der Waals surface area contributed by atoms with Crippen LogP contribution in [0.5, 0.6) is 0 Å². The smallest absolute Gasteiger partial charge is 0.292 e. The molecule has 6 nitrogen and oxygen atoms in total. The van der Waals surface area contributed by atoms with E-state index in [0.717, 1.165) is 12.8 Å². The Morgan fingerprint density at radius 1 is 1.58 bits per heavy atom. The average molecular weight is 265 g/mol. The number of Topliss-reactive ketones (excluding diaryl/α,β-unsaturated/α-hetero) is 1. The van der Waals surface area contributed by atoms with E-state index in [1.165, 1.54) is 6.20 Å². The number of nitrogens with one attached hydrogen (secondary N) is 1. The second-order valence-corrected chi connectivity index (χ2v) is 4.84. The third-order valence-corrected chi connectivity index (χ3v) is 3.37. The molecule has 1 saturated carbocycles. The van der Waals surface area contributed by atoms with Crippen molar-refractivity contribution in [3.8, 4) is 0 Å². The van der Waals surface area contributed by atoms with E-state index in [9.17, 15) is 9.59 Å². The molecule has 0 aliphatic heterocycles. The summed E-state index contributed by atoms with van der Waals surface area (Å²) < 4.78 is 1.60. The molecule has 2 N–H and O–H groups in total. The number of nitrogens with zero attached hydrogens (tertiary/aromatic N) is 2. The van der Waals surface area contributed by atoms with Crippen LogP contribution in [0.4, 0.5) is 0 Å². The first-order valence-corrected chi connectivity index (χ1v) is 6.64. The summed E-state index contributed by atoms with van der Waals surface area (Å²) in [5, 5.41) is 15.7. The summed E-state index contributed by atoms with van der Waals surface area (Å²) in [6.07, 6.45) is 5.57. The van der Waals surface area contributed by atoms with Gasteiger partial charge in [0, 0.05) is 25.4 Å². The minimum atomic E-state index is -0.610. The summed E-state index contributed by atoms with van der Waals surface area (Å²) in [6.45, 7) is 2.58. The number of hydrogen-bond donors (Lipinski definition) is 2. The van der Waals surface area contributed by atoms with Gasteiger partial charge in [-0.25, -0.2) is 0 Å². The van der Waals surface area contributed by atoms with Crippen molar-refractivity contribution in [1.29, 1.82) is 0 Å². The summed E-state index contributed by atoms with van der Waals surface area (Å²) >= 11 is 0. The van der Waals surface area contributed by atoms with E-state index in [1.54, 1.807) is 10.9 Å². The van der Waals surface area contributed by atoms with Crippen LogP contribution in [0.15, 0.2) is 12.4 Å². The number of rotatable bonds is 7. The average Bonchev–Trinajstić information content (AvgIpc) is 3.15. The van der Waals surface area contributed by atoms with E-state index < -0.39 is 11.7 Å². The molecule has 1 aromatic heterocycles. The molecule has 1 amide bonds. The van der Waals surface area contributed by atoms with Crippen molar-refractivity contribution in [2.75, 3.05) is 6.61 Å². The Hall–Kier alpha value is -1.69. The van der Waals surface area contributed by atoms with E-state index in [4.69, 9.17) is 5.11 Å². The molecule has 1 aliphatic rings. The number of aliphatic hydroxyl groups excluding tert-OH is 1. The Balaban J connectivity index is 1.96. The molecule has 1 heterocycles. The number of amides is 1. The first-order chi connectivity index (χ1) is 9.15. The fourth-order valence-electron chi connectivity index (χ4n) is 2.08. The van der Waals surface area contributed by atoms with Gasteiger partial charge in [-0.1, -0.05) is 0 Å². The molecule has 0 bridgehead atoms. The number of hydrogen-bond acceptors (Lipinski definition) is 4. The van der Waals surface area contributed by atoms with Gasteiger partial charge in [-0.2, -0.15) is 5.10 Å². The molecule has 1 atom stereocenters. The quantitative estimate of drug-likeness (QED) is 0.551. The van der Waals surface area contributed by atoms with Gasteiger partial charge in [0.15, 0.2) is 0 Å². The van der Waals surface area contributed by atoms with Gasteiger partial charge in [0.1, 0.15) is 0 Å². The van der Waals surface area contributed by atoms with Gasteiger partial charge in [-0.05, 0) is 32.1 Å². The zero-order chi connectivity index (χ0) is 13.8. The molecule has 1 aliphatic carbocycles. The predicted octanol–water partition coefficient (Wildman–Crippen LogP) is 0.363. The molecule has 2 rings (SSSR count). The number of aliphatic hydroxyl groups is 1. The molecule has 0 aromatic carbocycles. The highest BCUT2D eigenvalue weighted by atomic mass is 16.3. The van der Waals surface area contributed by atoms with Gasteiger partial charge < -0.3 is 10.4 Å². The zero-order valence-corrected chi connectivity index (χ0v) is 11.0. The maximum Gasteiger partial charge on any atom is 0.292 e. The van der Waals surface area contributed by atoms with E-state index in [2.05, 4.69) is 10.4 Å². The summed E-state index contributed by atoms with van der Waals surface area (Å²) in [6, 6.07) is -0.0947. The van der Waals surface area contributed by atoms with Crippen molar-refractivity contribution in [1.82, 2.24) is 15.1 Å². The summed E-state index contributed by atoms with van der Waals surface area (Å²) in [5.74, 6) is -0.772. The van der Waals surface area contributed by atoms with Crippen molar-refractivity contribution in [3.05, 3.63) is 18.0 Å². The van der Waals surface area contributed by atoms with Crippen LogP contribution in [-0.4, -0.2) is 39.2 Å². The SMILES string of the molecule is CCn1cc(C(=O)C(=O)NC(CCO)C2CC2)cn1. The molecule has 1 unspecified atom stereocenters. The largest absolute Gasteiger partial charge is 0.396 e. The lowest BCUT2D eigenvalue weighted by Gasteiger charge is -2.16. The third-order valence-electron chi connectivity index (χ3n) is 3.37. The van der Waals surface area contributed by atoms with Crippen molar-refractivity contribution in [2.45, 2.75) is 38.8 Å². The van der Waals surface area contributed by atoms with E-state index in [1.807, 2.05) is 6.92 Å². The molecule has 0 spiro atoms. The zero-order valence-electron chi connectivity index (χ0n) is 11.0. The molecular weight excluding hydrogens is 246 g/mol. The minimum Gasteiger partial charge on any atom is -0.396 e. The highest BCUT2D eigenvalue weighted by Crippen LogP contribution is 2.33. The van der Waals surface area contributed by atoms with Gasteiger partial charge in [0.2, 0.25) is 0 Å². The van der Waals surface area contributed by atoms with Crippen LogP contribution in [-0.2, 0) is 11.3 Å². The standard InChI is InChI=1S/C13H19N3O3/c1-2-16-8-10(7-14-16)12(18)13(19)15-11(5-6-17)9-3-4-9/h7-9,11,17H,2-6H2,1H3,(H,15,19). The highest BCUT2D eigenvalue weighted by Gasteiger charge is 2.33. The summed E-state index contributed by atoms with van der Waals surface area (Å²) in [5.41, 5.74) is 0.304. The molecule has 0 radical (unpaired) electrons. The van der Waals surface area contributed by atoms with Crippen molar-refractivity contribution in [2.24, 2.45) is 5.92 Å². The minimum absolute atomic E-state index is 0.0173. The third kappa shape index (κ3) is 3.41. The monoisotopic (exact) mass is 265 g/mol. The second-order valence-electron chi connectivity index (χ2n) is 4.84. The van der Waals surface area contributed by atoms with Crippen LogP contribution < -0.4 is 5.32 Å². The first kappa shape index (κ1) is 13.7. The van der Waals surface area contributed by atoms with Gasteiger partial charge >= 0.3 is 0 Å². The number of carbonyl (C=O) groups excluding carboxylic acids is 2. The maximum atomic E-state index is 11.9. The molecular formula is C13H19N3O3. The van der Waals surface area contributed by atoms with E-state index in [0.29, 0.717) is 24.4 Å². The molecule has 1 aromatic rings. The Morgan fingerprint density at radius 3 is 2.84 bits per heavy atom. The molecule has 1 fully saturated rings. The first-order valence-electron chi connectivity index (χ1n) is 6.64. The van der Waals surface area contributed by atoms with Crippen LogP contribution in [0, 0.1) is 5.92 Å². The Morgan fingerprint density at radius 2 is 2.32 bits per heavy atom. The Bertz CT molecular complexity index is 465. The Labute approximate surface area is 111 Å². The van der Waals surface area contributed by atoms with Crippen LogP contribution in [0.25, 0.3) is 0 Å². The van der Waals surface area contributed by atoms with Crippen LogP contribution in [0.2, 0.25) is 0 Å². The number of aromatic nitrogens is 2. The van der Waals surface area contributed by atoms with E-state index >= 15 is 0 Å². The molecule has 104 valence electrons. The van der Waals surface area contributed by atoms with Crippen LogP contribution in [0.3, 0.4) is 0 Å². The molecule has 19 heavy (non-hydrogen) atoms. The van der Waals surface area contributed by atoms with E-state index in [-0.39, 0.29) is 12.6 Å². The highest BCUT2D eigenvalue weighted by molar-refractivity contribution is 6.42.